The van der Waals surface area contributed by atoms with Crippen LogP contribution in [0.5, 0.6) is 0 Å². The monoisotopic (exact) mass is 431 g/mol. The number of para-hydroxylation sites is 1. The van der Waals surface area contributed by atoms with Crippen LogP contribution in [-0.2, 0) is 22.4 Å². The average Bonchev–Trinajstić information content (AvgIpc) is 3.41. The number of hydrogen-bond acceptors (Lipinski definition) is 5. The summed E-state index contributed by atoms with van der Waals surface area (Å²) in [5, 5.41) is 7.27. The summed E-state index contributed by atoms with van der Waals surface area (Å²) in [6.45, 7) is 1.57. The van der Waals surface area contributed by atoms with E-state index in [1.165, 1.54) is 0 Å². The van der Waals surface area contributed by atoms with Gasteiger partial charge in [-0.25, -0.2) is 9.48 Å². The number of carbonyl (C=O) groups excluding carboxylic acids is 3. The summed E-state index contributed by atoms with van der Waals surface area (Å²) in [5.41, 5.74) is 4.13. The van der Waals surface area contributed by atoms with Crippen molar-refractivity contribution < 1.29 is 19.1 Å². The third kappa shape index (κ3) is 4.61. The zero-order valence-corrected chi connectivity index (χ0v) is 18.0. The number of Topliss-reactive ketones (excluding diaryl/α,β-unsaturated/α-hetero) is 1. The van der Waals surface area contributed by atoms with Crippen LogP contribution in [0.2, 0.25) is 0 Å². The maximum Gasteiger partial charge on any atom is 0.359 e. The van der Waals surface area contributed by atoms with Gasteiger partial charge in [-0.05, 0) is 62.1 Å². The minimum Gasteiger partial charge on any atom is -0.453 e. The van der Waals surface area contributed by atoms with Gasteiger partial charge in [0.1, 0.15) is 0 Å². The number of rotatable bonds is 8. The molecule has 0 unspecified atom stereocenters. The molecule has 0 aliphatic heterocycles. The molecule has 3 aromatic rings. The Morgan fingerprint density at radius 1 is 1.03 bits per heavy atom. The predicted molar refractivity (Wildman–Crippen MR) is 120 cm³/mol. The minimum atomic E-state index is -0.588. The lowest BCUT2D eigenvalue weighted by atomic mass is 10.1. The molecule has 1 aliphatic carbocycles. The second-order valence-electron chi connectivity index (χ2n) is 7.75. The van der Waals surface area contributed by atoms with E-state index >= 15 is 0 Å². The molecular weight excluding hydrogens is 406 g/mol. The van der Waals surface area contributed by atoms with E-state index in [-0.39, 0.29) is 24.0 Å². The molecular formula is C25H25N3O4. The first-order chi connectivity index (χ1) is 15.6. The molecule has 1 heterocycles. The van der Waals surface area contributed by atoms with E-state index in [9.17, 15) is 14.4 Å². The van der Waals surface area contributed by atoms with Crippen molar-refractivity contribution in [2.45, 2.75) is 39.0 Å². The Morgan fingerprint density at radius 2 is 1.78 bits per heavy atom. The van der Waals surface area contributed by atoms with Crippen molar-refractivity contribution in [3.05, 3.63) is 77.1 Å². The first kappa shape index (κ1) is 21.5. The maximum atomic E-state index is 12.7. The van der Waals surface area contributed by atoms with E-state index in [1.807, 2.05) is 37.3 Å². The van der Waals surface area contributed by atoms with Crippen LogP contribution in [0.25, 0.3) is 5.69 Å². The minimum absolute atomic E-state index is 0.0667. The number of aromatic nitrogens is 2. The highest BCUT2D eigenvalue weighted by molar-refractivity contribution is 6.00. The van der Waals surface area contributed by atoms with Gasteiger partial charge in [0.25, 0.3) is 0 Å². The number of ether oxygens (including phenoxy) is 1. The van der Waals surface area contributed by atoms with E-state index in [2.05, 4.69) is 10.4 Å². The number of anilines is 1. The highest BCUT2D eigenvalue weighted by Gasteiger charge is 2.28. The second-order valence-corrected chi connectivity index (χ2v) is 7.75. The molecule has 7 heteroatoms. The molecule has 1 aliphatic rings. The summed E-state index contributed by atoms with van der Waals surface area (Å²) in [4.78, 5) is 36.9. The molecule has 7 nitrogen and oxygen atoms in total. The van der Waals surface area contributed by atoms with Gasteiger partial charge < -0.3 is 10.1 Å². The molecule has 1 aromatic heterocycles. The van der Waals surface area contributed by atoms with Crippen LogP contribution in [0.1, 0.15) is 58.3 Å². The van der Waals surface area contributed by atoms with E-state index in [4.69, 9.17) is 4.74 Å². The third-order valence-corrected chi connectivity index (χ3v) is 5.43. The molecule has 0 saturated carbocycles. The van der Waals surface area contributed by atoms with Crippen molar-refractivity contribution in [2.24, 2.45) is 0 Å². The molecule has 2 aromatic carbocycles. The van der Waals surface area contributed by atoms with E-state index < -0.39 is 5.97 Å². The Kier molecular flexibility index (Phi) is 6.44. The fourth-order valence-corrected chi connectivity index (χ4v) is 3.86. The van der Waals surface area contributed by atoms with Crippen molar-refractivity contribution in [1.82, 2.24) is 9.78 Å². The number of amides is 1. The summed E-state index contributed by atoms with van der Waals surface area (Å²) < 4.78 is 7.11. The summed E-state index contributed by atoms with van der Waals surface area (Å²) in [7, 11) is 0. The highest BCUT2D eigenvalue weighted by Crippen LogP contribution is 2.28. The zero-order valence-electron chi connectivity index (χ0n) is 18.0. The molecule has 0 saturated heterocycles. The Labute approximate surface area is 186 Å². The lowest BCUT2D eigenvalue weighted by Crippen LogP contribution is -2.16. The van der Waals surface area contributed by atoms with Gasteiger partial charge in [-0.1, -0.05) is 25.1 Å². The van der Waals surface area contributed by atoms with Crippen molar-refractivity contribution >= 4 is 23.3 Å². The van der Waals surface area contributed by atoms with Crippen molar-refractivity contribution in [1.29, 1.82) is 0 Å². The van der Waals surface area contributed by atoms with E-state index in [1.54, 1.807) is 28.9 Å². The van der Waals surface area contributed by atoms with Crippen LogP contribution in [-0.4, -0.2) is 34.0 Å². The Hall–Kier alpha value is -3.74. The summed E-state index contributed by atoms with van der Waals surface area (Å²) >= 11 is 0. The van der Waals surface area contributed by atoms with Gasteiger partial charge in [-0.15, -0.1) is 0 Å². The molecule has 0 bridgehead atoms. The standard InChI is InChI=1S/C25H25N3O4/c1-2-7-23(30)26-18-14-12-17(13-15-18)22(29)16-32-25(31)24-20-10-6-11-21(20)28(27-24)19-8-4-3-5-9-19/h3-5,8-9,12-15H,2,6-7,10-11,16H2,1H3,(H,26,30). The van der Waals surface area contributed by atoms with E-state index in [0.717, 1.165) is 42.6 Å². The van der Waals surface area contributed by atoms with E-state index in [0.29, 0.717) is 17.7 Å². The Morgan fingerprint density at radius 3 is 2.50 bits per heavy atom. The summed E-state index contributed by atoms with van der Waals surface area (Å²) in [6.07, 6.45) is 3.79. The Bertz CT molecular complexity index is 1130. The number of carbonyl (C=O) groups is 3. The number of nitrogens with one attached hydrogen (secondary N) is 1. The maximum absolute atomic E-state index is 12.7. The first-order valence-electron chi connectivity index (χ1n) is 10.8. The number of benzene rings is 2. The summed E-state index contributed by atoms with van der Waals surface area (Å²) in [5.74, 6) is -0.971. The van der Waals surface area contributed by atoms with Crippen LogP contribution in [0.4, 0.5) is 5.69 Å². The molecule has 4 rings (SSSR count). The summed E-state index contributed by atoms with van der Waals surface area (Å²) in [6, 6.07) is 16.2. The molecule has 32 heavy (non-hydrogen) atoms. The fourth-order valence-electron chi connectivity index (χ4n) is 3.86. The van der Waals surface area contributed by atoms with Crippen LogP contribution in [0.3, 0.4) is 0 Å². The second kappa shape index (κ2) is 9.60. The molecule has 1 amide bonds. The largest absolute Gasteiger partial charge is 0.453 e. The van der Waals surface area contributed by atoms with Gasteiger partial charge in [0.15, 0.2) is 18.1 Å². The molecule has 0 atom stereocenters. The number of hydrogen-bond donors (Lipinski definition) is 1. The number of esters is 1. The number of ketones is 1. The highest BCUT2D eigenvalue weighted by atomic mass is 16.5. The topological polar surface area (TPSA) is 90.3 Å². The van der Waals surface area contributed by atoms with Crippen molar-refractivity contribution in [3.63, 3.8) is 0 Å². The normalized spacial score (nSPS) is 12.3. The van der Waals surface area contributed by atoms with Gasteiger partial charge in [0, 0.05) is 28.9 Å². The van der Waals surface area contributed by atoms with Crippen LogP contribution in [0, 0.1) is 0 Å². The van der Waals surface area contributed by atoms with Gasteiger partial charge >= 0.3 is 5.97 Å². The lowest BCUT2D eigenvalue weighted by molar-refractivity contribution is -0.116. The SMILES string of the molecule is CCCC(=O)Nc1ccc(C(=O)COC(=O)c2nn(-c3ccccc3)c3c2CCC3)cc1. The number of nitrogens with zero attached hydrogens (tertiary/aromatic N) is 2. The van der Waals surface area contributed by atoms with Gasteiger partial charge in [-0.2, -0.15) is 5.10 Å². The average molecular weight is 431 g/mol. The quantitative estimate of drug-likeness (QED) is 0.428. The van der Waals surface area contributed by atoms with Crippen molar-refractivity contribution in [3.8, 4) is 5.69 Å². The molecule has 1 N–H and O–H groups in total. The van der Waals surface area contributed by atoms with Gasteiger partial charge in [0.05, 0.1) is 5.69 Å². The predicted octanol–water partition coefficient (Wildman–Crippen LogP) is 4.14. The van der Waals surface area contributed by atoms with Crippen LogP contribution in [0.15, 0.2) is 54.6 Å². The zero-order chi connectivity index (χ0) is 22.5. The molecule has 0 spiro atoms. The van der Waals surface area contributed by atoms with Crippen LogP contribution < -0.4 is 5.32 Å². The molecule has 164 valence electrons. The third-order valence-electron chi connectivity index (χ3n) is 5.43. The lowest BCUT2D eigenvalue weighted by Gasteiger charge is -2.07. The molecule has 0 radical (unpaired) electrons. The van der Waals surface area contributed by atoms with Gasteiger partial charge in [-0.3, -0.25) is 9.59 Å². The van der Waals surface area contributed by atoms with Crippen molar-refractivity contribution in [2.75, 3.05) is 11.9 Å². The number of fused-ring (bicyclic) bond motifs is 1. The first-order valence-corrected chi connectivity index (χ1v) is 10.8. The fraction of sp³-hybridized carbons (Fsp3) is 0.280. The van der Waals surface area contributed by atoms with Gasteiger partial charge in [0.2, 0.25) is 5.91 Å². The van der Waals surface area contributed by atoms with Crippen LogP contribution >= 0.6 is 0 Å². The Balaban J connectivity index is 1.41. The smallest absolute Gasteiger partial charge is 0.359 e. The molecule has 0 fully saturated rings.